The summed E-state index contributed by atoms with van der Waals surface area (Å²) in [6.07, 6.45) is -6.32. The zero-order chi connectivity index (χ0) is 72.0. The van der Waals surface area contributed by atoms with Gasteiger partial charge < -0.3 is 74.2 Å². The van der Waals surface area contributed by atoms with Crippen molar-refractivity contribution in [1.82, 2.24) is 20.2 Å². The number of phosphoric ester groups is 1. The molecule has 97 heavy (non-hydrogen) atoms. The lowest BCUT2D eigenvalue weighted by molar-refractivity contribution is -0.152. The number of aliphatic hydroxyl groups is 1. The zero-order valence-corrected chi connectivity index (χ0v) is 57.8. The molecule has 7 heterocycles. The number of allylic oxidation sites excluding steroid dienone is 6. The number of phosphoric acid groups is 1. The Hall–Kier alpha value is -8.02. The van der Waals surface area contributed by atoms with E-state index in [1.54, 1.807) is 13.8 Å². The van der Waals surface area contributed by atoms with Gasteiger partial charge in [0.05, 0.1) is 47.9 Å². The lowest BCUT2D eigenvalue weighted by Gasteiger charge is -2.48. The Kier molecular flexibility index (Phi) is 21.9. The lowest BCUT2D eigenvalue weighted by Crippen LogP contribution is -2.56. The van der Waals surface area contributed by atoms with Crippen LogP contribution in [0.2, 0.25) is 0 Å². The van der Waals surface area contributed by atoms with Crippen LogP contribution in [0.5, 0.6) is 0 Å². The van der Waals surface area contributed by atoms with Gasteiger partial charge in [-0.3, -0.25) is 67.2 Å². The molecule has 1 aromatic heterocycles. The maximum atomic E-state index is 14.5. The van der Waals surface area contributed by atoms with Gasteiger partial charge in [0.1, 0.15) is 24.9 Å². The van der Waals surface area contributed by atoms with E-state index in [2.05, 4.69) is 15.6 Å². The summed E-state index contributed by atoms with van der Waals surface area (Å²) in [5.74, 6) is -9.62. The number of rotatable bonds is 30. The third-order valence-corrected chi connectivity index (χ3v) is 22.5. The first kappa shape index (κ1) is 74.8. The number of nitrogens with two attached hydrogens (primary N) is 6. The summed E-state index contributed by atoms with van der Waals surface area (Å²) in [7, 11) is -5.23. The maximum Gasteiger partial charge on any atom is 0.472 e. The average Bonchev–Trinajstić information content (AvgIpc) is 1.53. The normalized spacial score (nSPS) is 31.2. The number of aliphatic hydroxyl groups excluding tert-OH is 1. The van der Waals surface area contributed by atoms with Crippen LogP contribution in [0.1, 0.15) is 163 Å². The number of fused-ring (bicyclic) bond motifs is 7. The highest BCUT2D eigenvalue weighted by molar-refractivity contribution is 7.47. The number of nitrogens with one attached hydrogen (secondary N) is 2. The number of nitrogens with zero attached hydrogens (tertiary/aromatic N) is 5. The molecule has 7 amide bonds. The Labute approximate surface area is 562 Å². The molecule has 6 aliphatic rings. The van der Waals surface area contributed by atoms with Crippen LogP contribution >= 0.6 is 7.82 Å². The SMILES string of the molecule is CC1=C2N=C(C=C3N/C(=C(/C)C4=NC(C)(C5N=C1C(C)(CCC(=O)NCC(C)OP(=O)(O)O[C@H]1[C@@H](O)[C@@H](n6cnc7cc(C)c(C)cc76)O[C@@H]1COC(=O)CCC(=O)O)C5CC(N)=O)C(C)(CC(N)=O)C4CCC(N)=O)C(C)(CC(N)=O)C3CCC(N)=O)C(C)(C)C2CCC(N)=O. The smallest absolute Gasteiger partial charge is 0.472 e. The van der Waals surface area contributed by atoms with Gasteiger partial charge in [0.15, 0.2) is 6.23 Å². The standard InChI is InChI=1S/C66H94N13O17P/c1-31-22-41-42(23-32(31)2)79(30-74-41)61-56(90)57(43(94-61)29-93-53(89)19-18-52(87)88)96-97(91,92)95-33(3)28-73-51(86)20-21-63(8)39(24-48(70)83)60-66(11)65(10,27-50(72)85)38(14-17-47(69)82)55(78-66)35(5)59-64(9,26-49(71)84)36(12-15-45(67)80)40(75-59)25-44-62(6,7)37(13-16-46(68)81)54(76-44)34(4)58(63)77-60/h22-23,25,30,33,36-39,43,56-57,60-61,75,90H,12-21,24,26-29H2,1-11H3,(H2,67,80)(H2,68,81)(H2,69,82)(H2,70,83)(H2,71,84)(H2,72,85)(H,73,86)(H,87,88)(H,91,92)/b40-25?,54-34?,59-35-/t33?,36?,37?,38?,39?,43-,56-,57-,60?,61+,63?,64?,65?,66?/m1/s1. The lowest BCUT2D eigenvalue weighted by atomic mass is 9.55. The molecule has 530 valence electrons. The van der Waals surface area contributed by atoms with Crippen molar-refractivity contribution in [2.24, 2.45) is 94.7 Å². The van der Waals surface area contributed by atoms with E-state index in [0.29, 0.717) is 56.4 Å². The monoisotopic (exact) mass is 1370 g/mol. The van der Waals surface area contributed by atoms with Crippen molar-refractivity contribution in [2.45, 2.75) is 202 Å². The van der Waals surface area contributed by atoms with E-state index in [0.717, 1.165) is 11.1 Å². The molecule has 0 spiro atoms. The third-order valence-electron chi connectivity index (χ3n) is 21.4. The third kappa shape index (κ3) is 15.2. The first-order valence-corrected chi connectivity index (χ1v) is 34.1. The predicted octanol–water partition coefficient (Wildman–Crippen LogP) is 3.58. The maximum absolute atomic E-state index is 14.5. The number of hydrogen-bond donors (Lipinski definition) is 11. The minimum Gasteiger partial charge on any atom is -0.481 e. The molecule has 17 N–H and O–H groups in total. The van der Waals surface area contributed by atoms with Crippen molar-refractivity contribution in [3.8, 4) is 0 Å². The van der Waals surface area contributed by atoms with Gasteiger partial charge >= 0.3 is 19.8 Å². The average molecular weight is 1370 g/mol. The van der Waals surface area contributed by atoms with Gasteiger partial charge in [-0.25, -0.2) is 9.55 Å². The first-order valence-electron chi connectivity index (χ1n) is 32.6. The number of hydrogen-bond acceptors (Lipinski definition) is 20. The molecule has 0 radical (unpaired) electrons. The molecule has 8 rings (SSSR count). The van der Waals surface area contributed by atoms with E-state index in [1.165, 1.54) is 17.8 Å². The van der Waals surface area contributed by atoms with Crippen LogP contribution in [0, 0.1) is 59.2 Å². The van der Waals surface area contributed by atoms with Crippen LogP contribution < -0.4 is 45.0 Å². The van der Waals surface area contributed by atoms with Gasteiger partial charge in [-0.15, -0.1) is 0 Å². The molecule has 11 unspecified atom stereocenters. The second-order valence-electron chi connectivity index (χ2n) is 28.5. The molecule has 2 aromatic rings. The molecule has 2 fully saturated rings. The van der Waals surface area contributed by atoms with E-state index >= 15 is 0 Å². The fourth-order valence-corrected chi connectivity index (χ4v) is 17.0. The van der Waals surface area contributed by atoms with Crippen molar-refractivity contribution in [3.63, 3.8) is 0 Å². The molecule has 6 aliphatic heterocycles. The van der Waals surface area contributed by atoms with Crippen LogP contribution in [0.15, 0.2) is 67.8 Å². The fourth-order valence-electron chi connectivity index (χ4n) is 15.9. The van der Waals surface area contributed by atoms with E-state index in [1.807, 2.05) is 73.6 Å². The van der Waals surface area contributed by atoms with Gasteiger partial charge in [-0.1, -0.05) is 34.6 Å². The van der Waals surface area contributed by atoms with Crippen LogP contribution in [-0.2, 0) is 66.2 Å². The molecule has 1 aromatic carbocycles. The molecule has 0 aliphatic carbocycles. The molecule has 8 bridgehead atoms. The number of primary amides is 6. The summed E-state index contributed by atoms with van der Waals surface area (Å²) in [5, 5.41) is 27.3. The topological polar surface area (TPSA) is 503 Å². The highest BCUT2D eigenvalue weighted by atomic mass is 31.2. The van der Waals surface area contributed by atoms with Gasteiger partial charge in [-0.2, -0.15) is 0 Å². The van der Waals surface area contributed by atoms with Crippen LogP contribution in [0.4, 0.5) is 0 Å². The number of aliphatic imine (C=N–C) groups is 3. The number of ether oxygens (including phenoxy) is 2. The van der Waals surface area contributed by atoms with E-state index in [-0.39, 0.29) is 77.2 Å². The van der Waals surface area contributed by atoms with Crippen molar-refractivity contribution in [2.75, 3.05) is 13.2 Å². The molecule has 30 nitrogen and oxygen atoms in total. The van der Waals surface area contributed by atoms with Gasteiger partial charge in [0.2, 0.25) is 41.4 Å². The summed E-state index contributed by atoms with van der Waals surface area (Å²) in [4.78, 5) is 150. The van der Waals surface area contributed by atoms with E-state index in [4.69, 9.17) is 73.0 Å². The van der Waals surface area contributed by atoms with Crippen LogP contribution in [0.25, 0.3) is 11.0 Å². The predicted molar refractivity (Wildman–Crippen MR) is 354 cm³/mol. The first-order chi connectivity index (χ1) is 45.1. The molecular formula is C66H94N13O17P. The Balaban J connectivity index is 1.17. The van der Waals surface area contributed by atoms with Crippen LogP contribution in [-0.4, -0.2) is 144 Å². The number of aromatic nitrogens is 2. The summed E-state index contributed by atoms with van der Waals surface area (Å²) >= 11 is 0. The second-order valence-corrected chi connectivity index (χ2v) is 29.8. The number of benzene rings is 1. The number of carbonyl (C=O) groups is 9. The van der Waals surface area contributed by atoms with Crippen molar-refractivity contribution in [1.29, 1.82) is 0 Å². The quantitative estimate of drug-likeness (QED) is 0.0393. The second kappa shape index (κ2) is 28.4. The summed E-state index contributed by atoms with van der Waals surface area (Å²) in [6.45, 7) is 19.0. The largest absolute Gasteiger partial charge is 0.481 e. The molecule has 2 saturated heterocycles. The van der Waals surface area contributed by atoms with Gasteiger partial charge in [-0.05, 0) is 108 Å². The Bertz CT molecular complexity index is 3820. The van der Waals surface area contributed by atoms with E-state index in [9.17, 15) is 57.7 Å². The number of aryl methyl sites for hydroxylation is 2. The summed E-state index contributed by atoms with van der Waals surface area (Å²) in [6, 6.07) is 2.57. The van der Waals surface area contributed by atoms with Crippen molar-refractivity contribution >= 4 is 89.3 Å². The number of carbonyl (C=O) groups excluding carboxylic acids is 8. The molecule has 15 atom stereocenters. The van der Waals surface area contributed by atoms with Crippen molar-refractivity contribution < 1.29 is 81.3 Å². The zero-order valence-electron chi connectivity index (χ0n) is 56.9. The van der Waals surface area contributed by atoms with Gasteiger partial charge in [0, 0.05) is 131 Å². The summed E-state index contributed by atoms with van der Waals surface area (Å²) in [5.41, 5.74) is 36.8. The Morgan fingerprint density at radius 3 is 1.98 bits per heavy atom. The molecule has 0 saturated carbocycles. The van der Waals surface area contributed by atoms with Crippen LogP contribution in [0.3, 0.4) is 0 Å². The Morgan fingerprint density at radius 1 is 0.773 bits per heavy atom. The fraction of sp³-hybridized carbons (Fsp3) is 0.621. The number of aliphatic carboxylic acids is 1. The number of esters is 1. The minimum atomic E-state index is -5.23. The van der Waals surface area contributed by atoms with Crippen molar-refractivity contribution in [3.05, 3.63) is 63.9 Å². The Morgan fingerprint density at radius 2 is 1.38 bits per heavy atom. The number of carboxylic acid groups (broad SMARTS) is 1. The number of imidazole rings is 1. The minimum absolute atomic E-state index is 0.0470. The van der Waals surface area contributed by atoms with E-state index < -0.39 is 168 Å². The summed E-state index contributed by atoms with van der Waals surface area (Å²) < 4.78 is 38.2. The highest BCUT2D eigenvalue weighted by Crippen LogP contribution is 2.63. The molecular weight excluding hydrogens is 1280 g/mol. The highest BCUT2D eigenvalue weighted by Gasteiger charge is 2.66. The van der Waals surface area contributed by atoms with Gasteiger partial charge in [0.25, 0.3) is 0 Å². The molecule has 31 heteroatoms. The number of carboxylic acids is 1. The number of amides is 7.